The Balaban J connectivity index is 1.76. The van der Waals surface area contributed by atoms with Crippen molar-refractivity contribution < 1.29 is 9.18 Å². The summed E-state index contributed by atoms with van der Waals surface area (Å²) in [7, 11) is 0. The highest BCUT2D eigenvalue weighted by molar-refractivity contribution is 5.74. The Kier molecular flexibility index (Phi) is 5.31. The summed E-state index contributed by atoms with van der Waals surface area (Å²) >= 11 is 0. The van der Waals surface area contributed by atoms with Crippen LogP contribution in [0, 0.1) is 5.82 Å². The summed E-state index contributed by atoms with van der Waals surface area (Å²) < 4.78 is 13.0. The van der Waals surface area contributed by atoms with E-state index in [1.807, 2.05) is 0 Å². The fourth-order valence-corrected chi connectivity index (χ4v) is 2.29. The Morgan fingerprint density at radius 3 is 2.70 bits per heavy atom. The van der Waals surface area contributed by atoms with Crippen LogP contribution >= 0.6 is 0 Å². The highest BCUT2D eigenvalue weighted by Crippen LogP contribution is 2.05. The van der Waals surface area contributed by atoms with Crippen LogP contribution in [0.4, 0.5) is 9.18 Å². The molecule has 20 heavy (non-hydrogen) atoms. The van der Waals surface area contributed by atoms with E-state index in [9.17, 15) is 9.18 Å². The molecule has 0 aliphatic carbocycles. The van der Waals surface area contributed by atoms with E-state index in [4.69, 9.17) is 5.73 Å². The van der Waals surface area contributed by atoms with Gasteiger partial charge in [-0.25, -0.2) is 9.18 Å². The van der Waals surface area contributed by atoms with Crippen molar-refractivity contribution in [1.82, 2.24) is 15.1 Å². The summed E-state index contributed by atoms with van der Waals surface area (Å²) in [6.45, 7) is 4.98. The number of hydrogen-bond acceptors (Lipinski definition) is 3. The molecule has 1 heterocycles. The molecule has 0 atom stereocenters. The number of amides is 2. The smallest absolute Gasteiger partial charge is 0.317 e. The fraction of sp³-hybridized carbons (Fsp3) is 0.500. The van der Waals surface area contributed by atoms with Gasteiger partial charge in [0.25, 0.3) is 0 Å². The molecule has 110 valence electrons. The minimum atomic E-state index is -0.285. The van der Waals surface area contributed by atoms with Crippen molar-refractivity contribution in [3.63, 3.8) is 0 Å². The lowest BCUT2D eigenvalue weighted by Crippen LogP contribution is -2.52. The van der Waals surface area contributed by atoms with Crippen molar-refractivity contribution in [2.24, 2.45) is 5.73 Å². The molecule has 2 amide bonds. The van der Waals surface area contributed by atoms with Gasteiger partial charge in [0.1, 0.15) is 5.82 Å². The quantitative estimate of drug-likeness (QED) is 0.849. The molecule has 1 aromatic carbocycles. The minimum Gasteiger partial charge on any atom is -0.334 e. The molecule has 1 aromatic rings. The Labute approximate surface area is 118 Å². The second-order valence-corrected chi connectivity index (χ2v) is 4.91. The van der Waals surface area contributed by atoms with Crippen LogP contribution in [0.2, 0.25) is 0 Å². The standard InChI is InChI=1S/C14H21FN4O/c15-13-3-1-2-12(10-13)11-17-14(20)19-8-6-18(5-4-16)7-9-19/h1-3,10H,4-9,11,16H2,(H,17,20). The third-order valence-corrected chi connectivity index (χ3v) is 3.44. The van der Waals surface area contributed by atoms with Crippen molar-refractivity contribution in [2.75, 3.05) is 39.3 Å². The largest absolute Gasteiger partial charge is 0.334 e. The third kappa shape index (κ3) is 4.18. The lowest BCUT2D eigenvalue weighted by Gasteiger charge is -2.34. The van der Waals surface area contributed by atoms with Crippen LogP contribution < -0.4 is 11.1 Å². The van der Waals surface area contributed by atoms with Crippen molar-refractivity contribution >= 4 is 6.03 Å². The zero-order chi connectivity index (χ0) is 14.4. The highest BCUT2D eigenvalue weighted by atomic mass is 19.1. The number of halogens is 1. The van der Waals surface area contributed by atoms with Crippen molar-refractivity contribution in [1.29, 1.82) is 0 Å². The van der Waals surface area contributed by atoms with Crippen LogP contribution in [0.5, 0.6) is 0 Å². The van der Waals surface area contributed by atoms with Crippen molar-refractivity contribution in [3.05, 3.63) is 35.6 Å². The number of carbonyl (C=O) groups excluding carboxylic acids is 1. The number of hydrogen-bond donors (Lipinski definition) is 2. The van der Waals surface area contributed by atoms with E-state index < -0.39 is 0 Å². The van der Waals surface area contributed by atoms with Crippen LogP contribution in [0.1, 0.15) is 5.56 Å². The zero-order valence-electron chi connectivity index (χ0n) is 11.5. The lowest BCUT2D eigenvalue weighted by molar-refractivity contribution is 0.141. The SMILES string of the molecule is NCCN1CCN(C(=O)NCc2cccc(F)c2)CC1. The van der Waals surface area contributed by atoms with Gasteiger partial charge in [-0.2, -0.15) is 0 Å². The van der Waals surface area contributed by atoms with E-state index in [2.05, 4.69) is 10.2 Å². The Hall–Kier alpha value is -1.66. The molecule has 0 radical (unpaired) electrons. The zero-order valence-corrected chi connectivity index (χ0v) is 11.5. The average molecular weight is 280 g/mol. The lowest BCUT2D eigenvalue weighted by atomic mass is 10.2. The number of carbonyl (C=O) groups is 1. The maximum absolute atomic E-state index is 13.0. The molecule has 0 aromatic heterocycles. The molecule has 5 nitrogen and oxygen atoms in total. The van der Waals surface area contributed by atoms with Gasteiger partial charge in [-0.15, -0.1) is 0 Å². The van der Waals surface area contributed by atoms with Gasteiger partial charge in [0.2, 0.25) is 0 Å². The molecule has 1 aliphatic heterocycles. The molecule has 0 saturated carbocycles. The van der Waals surface area contributed by atoms with Crippen LogP contribution in [0.15, 0.2) is 24.3 Å². The van der Waals surface area contributed by atoms with E-state index in [0.29, 0.717) is 26.2 Å². The van der Waals surface area contributed by atoms with E-state index in [1.54, 1.807) is 17.0 Å². The number of nitrogens with two attached hydrogens (primary N) is 1. The molecule has 1 aliphatic rings. The van der Waals surface area contributed by atoms with Crippen molar-refractivity contribution in [3.8, 4) is 0 Å². The van der Waals surface area contributed by atoms with E-state index in [-0.39, 0.29) is 11.8 Å². The van der Waals surface area contributed by atoms with Gasteiger partial charge in [-0.1, -0.05) is 12.1 Å². The first-order valence-electron chi connectivity index (χ1n) is 6.88. The molecule has 0 unspecified atom stereocenters. The van der Waals surface area contributed by atoms with Crippen LogP contribution in [-0.4, -0.2) is 55.1 Å². The van der Waals surface area contributed by atoms with Gasteiger partial charge in [-0.05, 0) is 17.7 Å². The van der Waals surface area contributed by atoms with Crippen LogP contribution in [-0.2, 0) is 6.54 Å². The normalized spacial score (nSPS) is 16.2. The Morgan fingerprint density at radius 1 is 1.30 bits per heavy atom. The maximum Gasteiger partial charge on any atom is 0.317 e. The minimum absolute atomic E-state index is 0.0957. The topological polar surface area (TPSA) is 61.6 Å². The van der Waals surface area contributed by atoms with Gasteiger partial charge in [0.15, 0.2) is 0 Å². The van der Waals surface area contributed by atoms with Gasteiger partial charge in [0, 0.05) is 45.8 Å². The predicted molar refractivity (Wildman–Crippen MR) is 75.7 cm³/mol. The van der Waals surface area contributed by atoms with E-state index in [0.717, 1.165) is 25.2 Å². The maximum atomic E-state index is 13.0. The first-order chi connectivity index (χ1) is 9.69. The van der Waals surface area contributed by atoms with Gasteiger partial charge in [0.05, 0.1) is 0 Å². The summed E-state index contributed by atoms with van der Waals surface area (Å²) in [6, 6.07) is 6.16. The molecule has 1 saturated heterocycles. The van der Waals surface area contributed by atoms with Gasteiger partial charge < -0.3 is 16.0 Å². The van der Waals surface area contributed by atoms with Crippen LogP contribution in [0.25, 0.3) is 0 Å². The Morgan fingerprint density at radius 2 is 2.05 bits per heavy atom. The molecule has 6 heteroatoms. The molecule has 1 fully saturated rings. The number of nitrogens with zero attached hydrogens (tertiary/aromatic N) is 2. The summed E-state index contributed by atoms with van der Waals surface area (Å²) in [5, 5.41) is 2.82. The molecular formula is C14H21FN4O. The van der Waals surface area contributed by atoms with Gasteiger partial charge in [-0.3, -0.25) is 4.90 Å². The average Bonchev–Trinajstić information content (AvgIpc) is 2.46. The molecule has 0 spiro atoms. The van der Waals surface area contributed by atoms with Crippen LogP contribution in [0.3, 0.4) is 0 Å². The second-order valence-electron chi connectivity index (χ2n) is 4.91. The highest BCUT2D eigenvalue weighted by Gasteiger charge is 2.20. The molecule has 0 bridgehead atoms. The summed E-state index contributed by atoms with van der Waals surface area (Å²) in [5.41, 5.74) is 6.28. The number of rotatable bonds is 4. The number of piperazine rings is 1. The Bertz CT molecular complexity index is 447. The molecule has 2 rings (SSSR count). The summed E-state index contributed by atoms with van der Waals surface area (Å²) in [4.78, 5) is 16.0. The number of benzene rings is 1. The van der Waals surface area contributed by atoms with Crippen molar-refractivity contribution in [2.45, 2.75) is 6.54 Å². The van der Waals surface area contributed by atoms with E-state index in [1.165, 1.54) is 12.1 Å². The number of urea groups is 1. The monoisotopic (exact) mass is 280 g/mol. The molecular weight excluding hydrogens is 259 g/mol. The molecule has 3 N–H and O–H groups in total. The third-order valence-electron chi connectivity index (χ3n) is 3.44. The first-order valence-corrected chi connectivity index (χ1v) is 6.88. The second kappa shape index (κ2) is 7.21. The number of nitrogens with one attached hydrogen (secondary N) is 1. The fourth-order valence-electron chi connectivity index (χ4n) is 2.29. The van der Waals surface area contributed by atoms with Gasteiger partial charge >= 0.3 is 6.03 Å². The predicted octanol–water partition coefficient (Wildman–Crippen LogP) is 0.612. The summed E-state index contributed by atoms with van der Waals surface area (Å²) in [5.74, 6) is -0.285. The van der Waals surface area contributed by atoms with E-state index >= 15 is 0 Å². The summed E-state index contributed by atoms with van der Waals surface area (Å²) in [6.07, 6.45) is 0. The first kappa shape index (κ1) is 14.7.